The van der Waals surface area contributed by atoms with Crippen LogP contribution < -0.4 is 5.56 Å². The van der Waals surface area contributed by atoms with Crippen molar-refractivity contribution in [2.75, 3.05) is 0 Å². The molecule has 2 aromatic heterocycles. The van der Waals surface area contributed by atoms with Gasteiger partial charge >= 0.3 is 0 Å². The van der Waals surface area contributed by atoms with Crippen molar-refractivity contribution in [1.29, 1.82) is 0 Å². The third kappa shape index (κ3) is 3.74. The Kier molecular flexibility index (Phi) is 5.46. The number of fused-ring (bicyclic) bond motifs is 3. The Morgan fingerprint density at radius 3 is 1.68 bits per heavy atom. The standard InChI is InChI=1S/C34H22N2OS/c37-33-30(25-17-9-3-10-18-25)31(26-19-11-4-12-20-26)36-29-22-27(23-13-5-1-6-14-23)21-28(24-15-7-2-8-16-24)32(29)38-34(36)35-33/h1-22H. The minimum atomic E-state index is -0.217. The zero-order valence-corrected chi connectivity index (χ0v) is 21.2. The zero-order valence-electron chi connectivity index (χ0n) is 20.4. The van der Waals surface area contributed by atoms with Crippen LogP contribution in [0.3, 0.4) is 0 Å². The van der Waals surface area contributed by atoms with Crippen molar-refractivity contribution < 1.29 is 0 Å². The number of benzene rings is 5. The summed E-state index contributed by atoms with van der Waals surface area (Å²) in [6.07, 6.45) is 0. The van der Waals surface area contributed by atoms with Gasteiger partial charge in [-0.1, -0.05) is 133 Å². The van der Waals surface area contributed by atoms with Crippen molar-refractivity contribution in [3.8, 4) is 44.6 Å². The molecule has 4 heteroatoms. The molecule has 38 heavy (non-hydrogen) atoms. The van der Waals surface area contributed by atoms with Gasteiger partial charge in [-0.05, 0) is 39.9 Å². The second-order valence-electron chi connectivity index (χ2n) is 9.20. The molecule has 0 bridgehead atoms. The fourth-order valence-electron chi connectivity index (χ4n) is 5.14. The minimum Gasteiger partial charge on any atom is -0.283 e. The van der Waals surface area contributed by atoms with E-state index in [1.807, 2.05) is 60.7 Å². The molecule has 2 heterocycles. The first kappa shape index (κ1) is 22.4. The Morgan fingerprint density at radius 1 is 0.553 bits per heavy atom. The monoisotopic (exact) mass is 506 g/mol. The summed E-state index contributed by atoms with van der Waals surface area (Å²) in [4.78, 5) is 19.0. The van der Waals surface area contributed by atoms with Crippen molar-refractivity contribution in [1.82, 2.24) is 9.38 Å². The Balaban J connectivity index is 1.68. The van der Waals surface area contributed by atoms with Crippen molar-refractivity contribution in [2.45, 2.75) is 0 Å². The first-order valence-electron chi connectivity index (χ1n) is 12.5. The van der Waals surface area contributed by atoms with Gasteiger partial charge in [-0.2, -0.15) is 4.98 Å². The normalized spacial score (nSPS) is 11.3. The van der Waals surface area contributed by atoms with Gasteiger partial charge < -0.3 is 0 Å². The van der Waals surface area contributed by atoms with Crippen molar-refractivity contribution in [2.24, 2.45) is 0 Å². The molecule has 0 aliphatic carbocycles. The molecule has 0 fully saturated rings. The summed E-state index contributed by atoms with van der Waals surface area (Å²) >= 11 is 1.57. The number of aromatic nitrogens is 2. The first-order chi connectivity index (χ1) is 18.8. The molecule has 0 unspecified atom stereocenters. The van der Waals surface area contributed by atoms with E-state index in [0.29, 0.717) is 10.5 Å². The largest absolute Gasteiger partial charge is 0.283 e. The molecule has 0 spiro atoms. The quantitative estimate of drug-likeness (QED) is 0.240. The highest BCUT2D eigenvalue weighted by Crippen LogP contribution is 2.41. The SMILES string of the molecule is O=c1nc2sc3c(-c4ccccc4)cc(-c4ccccc4)cc3n2c(-c2ccccc2)c1-c1ccccc1. The lowest BCUT2D eigenvalue weighted by atomic mass is 9.97. The van der Waals surface area contributed by atoms with Gasteiger partial charge in [0.15, 0.2) is 4.96 Å². The lowest BCUT2D eigenvalue weighted by Gasteiger charge is -2.14. The average Bonchev–Trinajstić information content (AvgIpc) is 3.35. The number of hydrogen-bond acceptors (Lipinski definition) is 3. The molecule has 0 N–H and O–H groups in total. The van der Waals surface area contributed by atoms with E-state index in [2.05, 4.69) is 82.2 Å². The smallest absolute Gasteiger partial charge is 0.282 e. The molecule has 0 amide bonds. The highest BCUT2D eigenvalue weighted by Gasteiger charge is 2.22. The van der Waals surface area contributed by atoms with E-state index in [9.17, 15) is 4.79 Å². The molecule has 0 saturated carbocycles. The van der Waals surface area contributed by atoms with Crippen molar-refractivity contribution in [3.05, 3.63) is 144 Å². The third-order valence-corrected chi connectivity index (χ3v) is 7.96. The summed E-state index contributed by atoms with van der Waals surface area (Å²) in [6.45, 7) is 0. The van der Waals surface area contributed by atoms with E-state index in [1.54, 1.807) is 11.3 Å². The van der Waals surface area contributed by atoms with E-state index in [4.69, 9.17) is 0 Å². The highest BCUT2D eigenvalue weighted by atomic mass is 32.1. The second kappa shape index (κ2) is 9.25. The molecular weight excluding hydrogens is 484 g/mol. The molecular formula is C34H22N2OS. The predicted octanol–water partition coefficient (Wildman–Crippen LogP) is 8.58. The van der Waals surface area contributed by atoms with Gasteiger partial charge in [0.2, 0.25) is 0 Å². The summed E-state index contributed by atoms with van der Waals surface area (Å²) in [5, 5.41) is 0. The molecule has 0 radical (unpaired) electrons. The Hall–Kier alpha value is -4.80. The molecule has 180 valence electrons. The fraction of sp³-hybridized carbons (Fsp3) is 0. The fourth-order valence-corrected chi connectivity index (χ4v) is 6.27. The summed E-state index contributed by atoms with van der Waals surface area (Å²) in [6, 6.07) is 45.4. The summed E-state index contributed by atoms with van der Waals surface area (Å²) in [5.74, 6) is 0. The lowest BCUT2D eigenvalue weighted by Crippen LogP contribution is -2.14. The van der Waals surface area contributed by atoms with Crippen LogP contribution in [-0.2, 0) is 0 Å². The van der Waals surface area contributed by atoms with Crippen LogP contribution in [0.15, 0.2) is 138 Å². The molecule has 0 atom stereocenters. The van der Waals surface area contributed by atoms with Crippen molar-refractivity contribution in [3.63, 3.8) is 0 Å². The van der Waals surface area contributed by atoms with Crippen LogP contribution in [0, 0.1) is 0 Å². The molecule has 5 aromatic carbocycles. The van der Waals surface area contributed by atoms with Crippen LogP contribution in [0.25, 0.3) is 59.8 Å². The van der Waals surface area contributed by atoms with Crippen LogP contribution in [0.2, 0.25) is 0 Å². The maximum atomic E-state index is 13.6. The third-order valence-electron chi connectivity index (χ3n) is 6.87. The molecule has 3 nitrogen and oxygen atoms in total. The van der Waals surface area contributed by atoms with Gasteiger partial charge in [-0.3, -0.25) is 9.20 Å². The lowest BCUT2D eigenvalue weighted by molar-refractivity contribution is 1.15. The van der Waals surface area contributed by atoms with Gasteiger partial charge in [0.1, 0.15) is 0 Å². The van der Waals surface area contributed by atoms with Crippen LogP contribution in [0.5, 0.6) is 0 Å². The summed E-state index contributed by atoms with van der Waals surface area (Å²) in [5.41, 5.74) is 8.66. The number of thiazole rings is 1. The molecule has 7 rings (SSSR count). The van der Waals surface area contributed by atoms with Gasteiger partial charge in [-0.25, -0.2) is 0 Å². The van der Waals surface area contributed by atoms with Gasteiger partial charge in [0.05, 0.1) is 21.5 Å². The van der Waals surface area contributed by atoms with Gasteiger partial charge in [0, 0.05) is 5.56 Å². The molecule has 0 aliphatic heterocycles. The van der Waals surface area contributed by atoms with Gasteiger partial charge in [-0.15, -0.1) is 0 Å². The van der Waals surface area contributed by atoms with Crippen LogP contribution in [0.1, 0.15) is 0 Å². The first-order valence-corrected chi connectivity index (χ1v) is 13.3. The highest BCUT2D eigenvalue weighted by molar-refractivity contribution is 7.24. The Labute approximate surface area is 223 Å². The Bertz CT molecular complexity index is 1960. The van der Waals surface area contributed by atoms with E-state index >= 15 is 0 Å². The van der Waals surface area contributed by atoms with Crippen LogP contribution >= 0.6 is 11.3 Å². The predicted molar refractivity (Wildman–Crippen MR) is 159 cm³/mol. The average molecular weight is 507 g/mol. The topological polar surface area (TPSA) is 34.4 Å². The summed E-state index contributed by atoms with van der Waals surface area (Å²) in [7, 11) is 0. The van der Waals surface area contributed by atoms with Gasteiger partial charge in [0.25, 0.3) is 5.56 Å². The van der Waals surface area contributed by atoms with Crippen LogP contribution in [0.4, 0.5) is 0 Å². The number of hydrogen-bond donors (Lipinski definition) is 0. The number of nitrogens with zero attached hydrogens (tertiary/aromatic N) is 2. The summed E-state index contributed by atoms with van der Waals surface area (Å²) < 4.78 is 3.28. The number of rotatable bonds is 4. The maximum Gasteiger partial charge on any atom is 0.282 e. The van der Waals surface area contributed by atoms with E-state index in [1.165, 1.54) is 0 Å². The van der Waals surface area contributed by atoms with E-state index < -0.39 is 0 Å². The zero-order chi connectivity index (χ0) is 25.5. The molecule has 7 aromatic rings. The van der Waals surface area contributed by atoms with E-state index in [0.717, 1.165) is 49.3 Å². The maximum absolute atomic E-state index is 13.6. The van der Waals surface area contributed by atoms with Crippen LogP contribution in [-0.4, -0.2) is 9.38 Å². The Morgan fingerprint density at radius 2 is 1.08 bits per heavy atom. The molecule has 0 saturated heterocycles. The van der Waals surface area contributed by atoms with Crippen molar-refractivity contribution >= 4 is 26.5 Å². The minimum absolute atomic E-state index is 0.217. The van der Waals surface area contributed by atoms with E-state index in [-0.39, 0.29) is 5.56 Å². The molecule has 0 aliphatic rings. The second-order valence-corrected chi connectivity index (χ2v) is 10.2.